The summed E-state index contributed by atoms with van der Waals surface area (Å²) >= 11 is 0. The van der Waals surface area contributed by atoms with E-state index in [2.05, 4.69) is 15.3 Å². The summed E-state index contributed by atoms with van der Waals surface area (Å²) in [6.07, 6.45) is 5.59. The molecule has 0 spiro atoms. The molecule has 0 radical (unpaired) electrons. The molecule has 1 amide bonds. The van der Waals surface area contributed by atoms with Crippen molar-refractivity contribution in [2.24, 2.45) is 0 Å². The van der Waals surface area contributed by atoms with E-state index in [1.54, 1.807) is 12.4 Å². The van der Waals surface area contributed by atoms with Crippen LogP contribution in [0.15, 0.2) is 47.7 Å². The number of rotatable bonds is 4. The molecule has 2 aromatic heterocycles. The minimum atomic E-state index is -0.224. The average Bonchev–Trinajstić information content (AvgIpc) is 2.46. The Morgan fingerprint density at radius 2 is 2.05 bits per heavy atom. The van der Waals surface area contributed by atoms with E-state index >= 15 is 0 Å². The molecule has 5 nitrogen and oxygen atoms in total. The number of carbonyl (C=O) groups is 1. The second kappa shape index (κ2) is 5.95. The molecule has 0 aliphatic rings. The van der Waals surface area contributed by atoms with Crippen LogP contribution in [0, 0.1) is 0 Å². The zero-order valence-electron chi connectivity index (χ0n) is 10.6. The van der Waals surface area contributed by atoms with Crippen molar-refractivity contribution < 1.29 is 4.79 Å². The Morgan fingerprint density at radius 1 is 1.32 bits per heavy atom. The number of hydrogen-bond donors (Lipinski definition) is 2. The fourth-order valence-electron chi connectivity index (χ4n) is 1.81. The van der Waals surface area contributed by atoms with Crippen molar-refractivity contribution in [1.82, 2.24) is 15.3 Å². The Bertz CT molecular complexity index is 587. The SMILES string of the molecule is CCC(NC(=O)c1ccc(=O)[nH]c1)c1ccncc1. The Balaban J connectivity index is 2.13. The normalized spacial score (nSPS) is 11.8. The van der Waals surface area contributed by atoms with Crippen LogP contribution in [0.25, 0.3) is 0 Å². The molecule has 1 unspecified atom stereocenters. The Kier molecular flexibility index (Phi) is 4.07. The van der Waals surface area contributed by atoms with Gasteiger partial charge in [0.1, 0.15) is 0 Å². The van der Waals surface area contributed by atoms with Gasteiger partial charge in [-0.05, 0) is 30.2 Å². The van der Waals surface area contributed by atoms with Crippen LogP contribution in [-0.4, -0.2) is 15.9 Å². The maximum atomic E-state index is 12.0. The highest BCUT2D eigenvalue weighted by atomic mass is 16.2. The predicted octanol–water partition coefficient (Wildman–Crippen LogP) is 1.65. The molecule has 2 heterocycles. The number of aromatic nitrogens is 2. The van der Waals surface area contributed by atoms with E-state index in [0.717, 1.165) is 12.0 Å². The summed E-state index contributed by atoms with van der Waals surface area (Å²) in [5.41, 5.74) is 1.22. The maximum absolute atomic E-state index is 12.0. The average molecular weight is 257 g/mol. The molecule has 0 fully saturated rings. The topological polar surface area (TPSA) is 74.8 Å². The van der Waals surface area contributed by atoms with Gasteiger partial charge in [0.2, 0.25) is 5.56 Å². The minimum Gasteiger partial charge on any atom is -0.345 e. The lowest BCUT2D eigenvalue weighted by molar-refractivity contribution is 0.0935. The lowest BCUT2D eigenvalue weighted by atomic mass is 10.1. The zero-order chi connectivity index (χ0) is 13.7. The molecule has 0 saturated heterocycles. The highest BCUT2D eigenvalue weighted by Crippen LogP contribution is 2.15. The van der Waals surface area contributed by atoms with E-state index in [4.69, 9.17) is 0 Å². The first kappa shape index (κ1) is 13.0. The molecule has 98 valence electrons. The molecule has 2 aromatic rings. The van der Waals surface area contributed by atoms with Crippen molar-refractivity contribution in [2.75, 3.05) is 0 Å². The second-order valence-corrected chi connectivity index (χ2v) is 4.16. The van der Waals surface area contributed by atoms with Crippen LogP contribution < -0.4 is 10.9 Å². The third-order valence-electron chi connectivity index (χ3n) is 2.87. The van der Waals surface area contributed by atoms with Gasteiger partial charge in [0.15, 0.2) is 0 Å². The fraction of sp³-hybridized carbons (Fsp3) is 0.214. The molecular weight excluding hydrogens is 242 g/mol. The van der Waals surface area contributed by atoms with Crippen molar-refractivity contribution in [3.8, 4) is 0 Å². The lowest BCUT2D eigenvalue weighted by Gasteiger charge is -2.17. The van der Waals surface area contributed by atoms with Crippen LogP contribution in [-0.2, 0) is 0 Å². The molecule has 0 saturated carbocycles. The number of nitrogens with one attached hydrogen (secondary N) is 2. The van der Waals surface area contributed by atoms with Crippen molar-refractivity contribution in [2.45, 2.75) is 19.4 Å². The van der Waals surface area contributed by atoms with Gasteiger partial charge in [-0.15, -0.1) is 0 Å². The third kappa shape index (κ3) is 3.28. The first-order chi connectivity index (χ1) is 9.20. The second-order valence-electron chi connectivity index (χ2n) is 4.16. The van der Waals surface area contributed by atoms with Crippen molar-refractivity contribution in [3.63, 3.8) is 0 Å². The molecule has 2 N–H and O–H groups in total. The van der Waals surface area contributed by atoms with Crippen LogP contribution >= 0.6 is 0 Å². The molecule has 0 aliphatic heterocycles. The standard InChI is InChI=1S/C14H15N3O2/c1-2-12(10-5-7-15-8-6-10)17-14(19)11-3-4-13(18)16-9-11/h3-9,12H,2H2,1H3,(H,16,18)(H,17,19). The minimum absolute atomic E-state index is 0.0672. The van der Waals surface area contributed by atoms with Crippen LogP contribution in [0.2, 0.25) is 0 Å². The molecule has 5 heteroatoms. The summed E-state index contributed by atoms with van der Waals surface area (Å²) in [5, 5.41) is 2.93. The predicted molar refractivity (Wildman–Crippen MR) is 71.8 cm³/mol. The Morgan fingerprint density at radius 3 is 2.63 bits per heavy atom. The summed E-state index contributed by atoms with van der Waals surface area (Å²) in [6.45, 7) is 2.00. The first-order valence-corrected chi connectivity index (χ1v) is 6.10. The molecule has 2 rings (SSSR count). The van der Waals surface area contributed by atoms with E-state index < -0.39 is 0 Å². The summed E-state index contributed by atoms with van der Waals surface area (Å²) in [5.74, 6) is -0.208. The van der Waals surface area contributed by atoms with Gasteiger partial charge in [0, 0.05) is 24.7 Å². The first-order valence-electron chi connectivity index (χ1n) is 6.10. The van der Waals surface area contributed by atoms with E-state index in [1.165, 1.54) is 18.3 Å². The summed E-state index contributed by atoms with van der Waals surface area (Å²) in [6, 6.07) is 6.53. The Labute approximate surface area is 110 Å². The van der Waals surface area contributed by atoms with Gasteiger partial charge in [0.05, 0.1) is 11.6 Å². The number of carbonyl (C=O) groups excluding carboxylic acids is 1. The van der Waals surface area contributed by atoms with Gasteiger partial charge in [-0.1, -0.05) is 6.92 Å². The number of hydrogen-bond acceptors (Lipinski definition) is 3. The number of H-pyrrole nitrogens is 1. The van der Waals surface area contributed by atoms with Crippen LogP contribution in [0.3, 0.4) is 0 Å². The Hall–Kier alpha value is -2.43. The molecule has 0 aromatic carbocycles. The zero-order valence-corrected chi connectivity index (χ0v) is 10.6. The summed E-state index contributed by atoms with van der Waals surface area (Å²) in [4.78, 5) is 29.4. The number of aromatic amines is 1. The molecule has 1 atom stereocenters. The van der Waals surface area contributed by atoms with Gasteiger partial charge in [-0.3, -0.25) is 14.6 Å². The van der Waals surface area contributed by atoms with Crippen molar-refractivity contribution in [1.29, 1.82) is 0 Å². The molecular formula is C14H15N3O2. The quantitative estimate of drug-likeness (QED) is 0.874. The van der Waals surface area contributed by atoms with Crippen molar-refractivity contribution in [3.05, 3.63) is 64.3 Å². The van der Waals surface area contributed by atoms with E-state index in [9.17, 15) is 9.59 Å². The highest BCUT2D eigenvalue weighted by Gasteiger charge is 2.13. The van der Waals surface area contributed by atoms with Gasteiger partial charge >= 0.3 is 0 Å². The lowest BCUT2D eigenvalue weighted by Crippen LogP contribution is -2.28. The largest absolute Gasteiger partial charge is 0.345 e. The number of amides is 1. The number of nitrogens with zero attached hydrogens (tertiary/aromatic N) is 1. The smallest absolute Gasteiger partial charge is 0.253 e. The maximum Gasteiger partial charge on any atom is 0.253 e. The van der Waals surface area contributed by atoms with Gasteiger partial charge in [-0.25, -0.2) is 0 Å². The van der Waals surface area contributed by atoms with Gasteiger partial charge in [0.25, 0.3) is 5.91 Å². The van der Waals surface area contributed by atoms with Crippen LogP contribution in [0.4, 0.5) is 0 Å². The van der Waals surface area contributed by atoms with Crippen LogP contribution in [0.5, 0.6) is 0 Å². The van der Waals surface area contributed by atoms with Gasteiger partial charge in [-0.2, -0.15) is 0 Å². The molecule has 19 heavy (non-hydrogen) atoms. The van der Waals surface area contributed by atoms with Crippen molar-refractivity contribution >= 4 is 5.91 Å². The van der Waals surface area contributed by atoms with E-state index in [-0.39, 0.29) is 17.5 Å². The van der Waals surface area contributed by atoms with E-state index in [1.807, 2.05) is 19.1 Å². The monoisotopic (exact) mass is 257 g/mol. The van der Waals surface area contributed by atoms with Gasteiger partial charge < -0.3 is 10.3 Å². The third-order valence-corrected chi connectivity index (χ3v) is 2.87. The number of pyridine rings is 2. The van der Waals surface area contributed by atoms with Crippen LogP contribution in [0.1, 0.15) is 35.3 Å². The summed E-state index contributed by atoms with van der Waals surface area (Å²) < 4.78 is 0. The molecule has 0 aliphatic carbocycles. The highest BCUT2D eigenvalue weighted by molar-refractivity contribution is 5.94. The fourth-order valence-corrected chi connectivity index (χ4v) is 1.81. The molecule has 0 bridgehead atoms. The van der Waals surface area contributed by atoms with E-state index in [0.29, 0.717) is 5.56 Å². The summed E-state index contributed by atoms with van der Waals surface area (Å²) in [7, 11) is 0.